The van der Waals surface area contributed by atoms with E-state index in [-0.39, 0.29) is 11.6 Å². The summed E-state index contributed by atoms with van der Waals surface area (Å²) < 4.78 is 11.6. The lowest BCUT2D eigenvalue weighted by molar-refractivity contribution is -0.0306. The highest BCUT2D eigenvalue weighted by molar-refractivity contribution is 9.10. The molecule has 1 aromatic carbocycles. The van der Waals surface area contributed by atoms with Crippen LogP contribution in [0.4, 0.5) is 0 Å². The standard InChI is InChI=1S/C14H17BrN2O3/c1-4-14(5-2,19-3)13-16-12(20-17-13)10-7-6-9(15)8-11(10)18/h6-8,18H,4-5H2,1-3H3. The van der Waals surface area contributed by atoms with Gasteiger partial charge in [-0.25, -0.2) is 0 Å². The maximum Gasteiger partial charge on any atom is 0.261 e. The summed E-state index contributed by atoms with van der Waals surface area (Å²) in [5.41, 5.74) is -0.0450. The van der Waals surface area contributed by atoms with Gasteiger partial charge in [0, 0.05) is 11.6 Å². The average molecular weight is 341 g/mol. The minimum absolute atomic E-state index is 0.0885. The fourth-order valence-corrected chi connectivity index (χ4v) is 2.50. The van der Waals surface area contributed by atoms with Gasteiger partial charge in [0.05, 0.1) is 5.56 Å². The molecule has 0 spiro atoms. The van der Waals surface area contributed by atoms with Gasteiger partial charge in [0.15, 0.2) is 0 Å². The molecular formula is C14H17BrN2O3. The molecule has 0 atom stereocenters. The van der Waals surface area contributed by atoms with Crippen LogP contribution in [-0.2, 0) is 10.3 Å². The fourth-order valence-electron chi connectivity index (χ4n) is 2.15. The summed E-state index contributed by atoms with van der Waals surface area (Å²) in [6, 6.07) is 5.12. The summed E-state index contributed by atoms with van der Waals surface area (Å²) in [5, 5.41) is 13.9. The SMILES string of the molecule is CCC(CC)(OC)c1noc(-c2ccc(Br)cc2O)n1. The lowest BCUT2D eigenvalue weighted by Crippen LogP contribution is -2.28. The number of rotatable bonds is 5. The molecule has 0 unspecified atom stereocenters. The molecule has 1 heterocycles. The molecule has 5 nitrogen and oxygen atoms in total. The van der Waals surface area contributed by atoms with E-state index >= 15 is 0 Å². The van der Waals surface area contributed by atoms with Gasteiger partial charge in [-0.3, -0.25) is 0 Å². The number of nitrogens with zero attached hydrogens (tertiary/aromatic N) is 2. The Kier molecular flexibility index (Phi) is 4.45. The quantitative estimate of drug-likeness (QED) is 0.894. The van der Waals surface area contributed by atoms with E-state index in [4.69, 9.17) is 9.26 Å². The number of phenolic OH excluding ortho intramolecular Hbond substituents is 1. The lowest BCUT2D eigenvalue weighted by Gasteiger charge is -2.25. The van der Waals surface area contributed by atoms with Crippen LogP contribution in [0.5, 0.6) is 5.75 Å². The zero-order valence-corrected chi connectivity index (χ0v) is 13.3. The predicted molar refractivity (Wildman–Crippen MR) is 78.4 cm³/mol. The number of benzene rings is 1. The molecule has 2 rings (SSSR count). The smallest absolute Gasteiger partial charge is 0.261 e. The maximum atomic E-state index is 9.94. The normalized spacial score (nSPS) is 11.8. The Hall–Kier alpha value is -1.40. The van der Waals surface area contributed by atoms with Crippen molar-refractivity contribution in [1.82, 2.24) is 10.1 Å². The van der Waals surface area contributed by atoms with Crippen LogP contribution < -0.4 is 0 Å². The Morgan fingerprint density at radius 1 is 1.35 bits per heavy atom. The molecule has 0 amide bonds. The Morgan fingerprint density at radius 2 is 2.05 bits per heavy atom. The zero-order chi connectivity index (χ0) is 14.8. The Balaban J connectivity index is 2.42. The Bertz CT molecular complexity index is 586. The summed E-state index contributed by atoms with van der Waals surface area (Å²) >= 11 is 3.29. The number of aromatic nitrogens is 2. The molecule has 108 valence electrons. The number of phenols is 1. The molecule has 0 aliphatic carbocycles. The van der Waals surface area contributed by atoms with Crippen molar-refractivity contribution in [2.24, 2.45) is 0 Å². The van der Waals surface area contributed by atoms with Crippen LogP contribution in [0.2, 0.25) is 0 Å². The Morgan fingerprint density at radius 3 is 2.60 bits per heavy atom. The molecule has 1 aromatic heterocycles. The van der Waals surface area contributed by atoms with Gasteiger partial charge in [0.25, 0.3) is 5.89 Å². The van der Waals surface area contributed by atoms with Crippen molar-refractivity contribution in [3.63, 3.8) is 0 Å². The number of hydrogen-bond donors (Lipinski definition) is 1. The van der Waals surface area contributed by atoms with Gasteiger partial charge in [0.1, 0.15) is 11.4 Å². The molecule has 0 aliphatic rings. The van der Waals surface area contributed by atoms with Crippen LogP contribution in [0.3, 0.4) is 0 Å². The van der Waals surface area contributed by atoms with Crippen LogP contribution >= 0.6 is 15.9 Å². The third-order valence-electron chi connectivity index (χ3n) is 3.56. The number of halogens is 1. The fraction of sp³-hybridized carbons (Fsp3) is 0.429. The lowest BCUT2D eigenvalue weighted by atomic mass is 9.96. The van der Waals surface area contributed by atoms with E-state index in [1.54, 1.807) is 19.2 Å². The van der Waals surface area contributed by atoms with Crippen molar-refractivity contribution < 1.29 is 14.4 Å². The van der Waals surface area contributed by atoms with Gasteiger partial charge in [-0.1, -0.05) is 34.9 Å². The van der Waals surface area contributed by atoms with E-state index < -0.39 is 5.60 Å². The molecule has 2 aromatic rings. The van der Waals surface area contributed by atoms with Gasteiger partial charge in [-0.2, -0.15) is 4.98 Å². The number of aromatic hydroxyl groups is 1. The minimum Gasteiger partial charge on any atom is -0.507 e. The summed E-state index contributed by atoms with van der Waals surface area (Å²) in [4.78, 5) is 4.38. The van der Waals surface area contributed by atoms with Crippen molar-refractivity contribution in [1.29, 1.82) is 0 Å². The van der Waals surface area contributed by atoms with Crippen LogP contribution in [0.15, 0.2) is 27.2 Å². The highest BCUT2D eigenvalue weighted by Crippen LogP contribution is 2.34. The molecule has 0 bridgehead atoms. The molecule has 1 N–H and O–H groups in total. The zero-order valence-electron chi connectivity index (χ0n) is 11.7. The highest BCUT2D eigenvalue weighted by Gasteiger charge is 2.34. The van der Waals surface area contributed by atoms with Crippen molar-refractivity contribution >= 4 is 15.9 Å². The van der Waals surface area contributed by atoms with E-state index in [1.165, 1.54) is 0 Å². The van der Waals surface area contributed by atoms with Crippen LogP contribution in [0, 0.1) is 0 Å². The third kappa shape index (κ3) is 2.58. The molecule has 6 heteroatoms. The largest absolute Gasteiger partial charge is 0.507 e. The second-order valence-electron chi connectivity index (χ2n) is 4.49. The van der Waals surface area contributed by atoms with Gasteiger partial charge in [-0.05, 0) is 31.0 Å². The second kappa shape index (κ2) is 5.93. The van der Waals surface area contributed by atoms with E-state index in [1.807, 2.05) is 19.9 Å². The number of ether oxygens (including phenoxy) is 1. The topological polar surface area (TPSA) is 68.4 Å². The van der Waals surface area contributed by atoms with Crippen LogP contribution in [0.25, 0.3) is 11.5 Å². The molecule has 0 saturated heterocycles. The number of methoxy groups -OCH3 is 1. The summed E-state index contributed by atoms with van der Waals surface area (Å²) in [6.07, 6.45) is 1.48. The summed E-state index contributed by atoms with van der Waals surface area (Å²) in [7, 11) is 1.64. The molecule has 0 saturated carbocycles. The summed E-state index contributed by atoms with van der Waals surface area (Å²) in [6.45, 7) is 4.03. The first kappa shape index (κ1) is 15.0. The minimum atomic E-state index is -0.549. The second-order valence-corrected chi connectivity index (χ2v) is 5.41. The molecular weight excluding hydrogens is 324 g/mol. The van der Waals surface area contributed by atoms with E-state index in [0.29, 0.717) is 11.4 Å². The van der Waals surface area contributed by atoms with Gasteiger partial charge >= 0.3 is 0 Å². The maximum absolute atomic E-state index is 9.94. The molecule has 0 radical (unpaired) electrons. The third-order valence-corrected chi connectivity index (χ3v) is 4.05. The Labute approximate surface area is 126 Å². The van der Waals surface area contributed by atoms with Crippen molar-refractivity contribution in [3.05, 3.63) is 28.5 Å². The first-order chi connectivity index (χ1) is 9.56. The predicted octanol–water partition coefficient (Wildman–Crippen LogP) is 3.87. The van der Waals surface area contributed by atoms with Crippen molar-refractivity contribution in [3.8, 4) is 17.2 Å². The highest BCUT2D eigenvalue weighted by atomic mass is 79.9. The molecule has 0 fully saturated rings. The van der Waals surface area contributed by atoms with E-state index in [9.17, 15) is 5.11 Å². The van der Waals surface area contributed by atoms with E-state index in [2.05, 4.69) is 26.1 Å². The number of hydrogen-bond acceptors (Lipinski definition) is 5. The van der Waals surface area contributed by atoms with Gasteiger partial charge in [-0.15, -0.1) is 0 Å². The first-order valence-corrected chi connectivity index (χ1v) is 7.23. The van der Waals surface area contributed by atoms with Crippen LogP contribution in [-0.4, -0.2) is 22.4 Å². The van der Waals surface area contributed by atoms with Gasteiger partial charge < -0.3 is 14.4 Å². The van der Waals surface area contributed by atoms with Gasteiger partial charge in [0.2, 0.25) is 5.82 Å². The molecule has 0 aliphatic heterocycles. The monoisotopic (exact) mass is 340 g/mol. The first-order valence-electron chi connectivity index (χ1n) is 6.44. The van der Waals surface area contributed by atoms with E-state index in [0.717, 1.165) is 17.3 Å². The van der Waals surface area contributed by atoms with Crippen molar-refractivity contribution in [2.45, 2.75) is 32.3 Å². The average Bonchev–Trinajstić information content (AvgIpc) is 2.91. The van der Waals surface area contributed by atoms with Crippen molar-refractivity contribution in [2.75, 3.05) is 7.11 Å². The summed E-state index contributed by atoms with van der Waals surface area (Å²) in [5.74, 6) is 0.876. The van der Waals surface area contributed by atoms with Crippen LogP contribution in [0.1, 0.15) is 32.5 Å². The molecule has 20 heavy (non-hydrogen) atoms.